The fourth-order valence-corrected chi connectivity index (χ4v) is 4.89. The molecule has 5 nitrogen and oxygen atoms in total. The van der Waals surface area contributed by atoms with Crippen LogP contribution in [0.4, 0.5) is 0 Å². The first kappa shape index (κ1) is 15.6. The highest BCUT2D eigenvalue weighted by Gasteiger charge is 2.26. The summed E-state index contributed by atoms with van der Waals surface area (Å²) in [6.45, 7) is 0.523. The minimum absolute atomic E-state index is 0.0777. The van der Waals surface area contributed by atoms with Crippen LogP contribution in [0.3, 0.4) is 0 Å². The molecule has 6 heteroatoms. The molecule has 0 amide bonds. The van der Waals surface area contributed by atoms with Gasteiger partial charge in [0.15, 0.2) is 9.84 Å². The average molecular weight is 350 g/mol. The van der Waals surface area contributed by atoms with E-state index >= 15 is 0 Å². The number of sulfone groups is 1. The summed E-state index contributed by atoms with van der Waals surface area (Å²) in [6.07, 6.45) is 0.715. The summed E-state index contributed by atoms with van der Waals surface area (Å²) < 4.78 is 27.2. The number of hydrogen-bond donors (Lipinski definition) is 0. The summed E-state index contributed by atoms with van der Waals surface area (Å²) in [5, 5.41) is 10.2. The number of pyridine rings is 1. The molecule has 0 radical (unpaired) electrons. The molecule has 4 rings (SSSR count). The van der Waals surface area contributed by atoms with Gasteiger partial charge in [0.25, 0.3) is 5.56 Å². The van der Waals surface area contributed by atoms with Gasteiger partial charge in [0.05, 0.1) is 16.2 Å². The molecular formula is C19H14N2O3S. The Balaban J connectivity index is 2.00. The Morgan fingerprint density at radius 3 is 2.56 bits per heavy atom. The van der Waals surface area contributed by atoms with E-state index < -0.39 is 15.4 Å². The van der Waals surface area contributed by atoms with Crippen molar-refractivity contribution in [1.29, 1.82) is 5.26 Å². The van der Waals surface area contributed by atoms with Crippen LogP contribution in [-0.4, -0.2) is 13.0 Å². The van der Waals surface area contributed by atoms with Crippen LogP contribution >= 0.6 is 0 Å². The standard InChI is InChI=1S/C19H14N2O3S/c20-11-16-17(12-25(23,24)14-6-2-1-3-7-14)15-8-4-5-13-9-10-21(18(13)15)19(16)22/h1-8H,9-10,12H2. The van der Waals surface area contributed by atoms with Gasteiger partial charge in [-0.25, -0.2) is 8.42 Å². The Kier molecular flexibility index (Phi) is 3.48. The van der Waals surface area contributed by atoms with Gasteiger partial charge < -0.3 is 4.57 Å². The summed E-state index contributed by atoms with van der Waals surface area (Å²) in [6, 6.07) is 15.6. The van der Waals surface area contributed by atoms with Crippen LogP contribution < -0.4 is 5.56 Å². The van der Waals surface area contributed by atoms with Gasteiger partial charge in [-0.2, -0.15) is 5.26 Å². The largest absolute Gasteiger partial charge is 0.307 e. The normalized spacial score (nSPS) is 13.1. The van der Waals surface area contributed by atoms with Gasteiger partial charge in [-0.15, -0.1) is 0 Å². The molecule has 1 aliphatic rings. The van der Waals surface area contributed by atoms with Gasteiger partial charge in [-0.05, 0) is 24.1 Å². The Bertz CT molecular complexity index is 1200. The SMILES string of the molecule is N#Cc1c(CS(=O)(=O)c2ccccc2)c2cccc3c2n(c1=O)CC3. The minimum Gasteiger partial charge on any atom is -0.307 e. The topological polar surface area (TPSA) is 79.9 Å². The zero-order chi connectivity index (χ0) is 17.6. The predicted molar refractivity (Wildman–Crippen MR) is 94.0 cm³/mol. The molecule has 0 fully saturated rings. The minimum atomic E-state index is -3.66. The molecule has 0 N–H and O–H groups in total. The first-order chi connectivity index (χ1) is 12.0. The van der Waals surface area contributed by atoms with Gasteiger partial charge in [0.2, 0.25) is 0 Å². The molecule has 0 spiro atoms. The number of hydrogen-bond acceptors (Lipinski definition) is 4. The second kappa shape index (κ2) is 5.57. The second-order valence-electron chi connectivity index (χ2n) is 6.06. The van der Waals surface area contributed by atoms with E-state index in [-0.39, 0.29) is 16.2 Å². The van der Waals surface area contributed by atoms with Crippen molar-refractivity contribution in [3.05, 3.63) is 75.6 Å². The highest BCUT2D eigenvalue weighted by atomic mass is 32.2. The molecule has 0 saturated heterocycles. The maximum absolute atomic E-state index is 12.8. The van der Waals surface area contributed by atoms with Crippen molar-refractivity contribution in [1.82, 2.24) is 4.57 Å². The molecule has 1 aliphatic heterocycles. The Morgan fingerprint density at radius 2 is 1.84 bits per heavy atom. The lowest BCUT2D eigenvalue weighted by Crippen LogP contribution is -2.24. The van der Waals surface area contributed by atoms with Crippen molar-refractivity contribution in [3.8, 4) is 6.07 Å². The van der Waals surface area contributed by atoms with E-state index in [2.05, 4.69) is 0 Å². The third-order valence-corrected chi connectivity index (χ3v) is 6.29. The first-order valence-electron chi connectivity index (χ1n) is 7.88. The lowest BCUT2D eigenvalue weighted by atomic mass is 10.0. The zero-order valence-electron chi connectivity index (χ0n) is 13.3. The molecule has 1 aromatic heterocycles. The first-order valence-corrected chi connectivity index (χ1v) is 9.53. The van der Waals surface area contributed by atoms with Gasteiger partial charge in [-0.3, -0.25) is 4.79 Å². The van der Waals surface area contributed by atoms with Crippen molar-refractivity contribution < 1.29 is 8.42 Å². The van der Waals surface area contributed by atoms with Crippen molar-refractivity contribution in [2.24, 2.45) is 0 Å². The molecule has 0 bridgehead atoms. The highest BCUT2D eigenvalue weighted by Crippen LogP contribution is 2.30. The van der Waals surface area contributed by atoms with E-state index in [1.807, 2.05) is 18.2 Å². The van der Waals surface area contributed by atoms with Gasteiger partial charge in [0.1, 0.15) is 11.6 Å². The average Bonchev–Trinajstić information content (AvgIpc) is 3.06. The van der Waals surface area contributed by atoms with Crippen LogP contribution in [0.15, 0.2) is 58.2 Å². The molecule has 2 aromatic carbocycles. The lowest BCUT2D eigenvalue weighted by Gasteiger charge is -2.12. The molecule has 0 saturated carbocycles. The van der Waals surface area contributed by atoms with Crippen molar-refractivity contribution in [2.45, 2.75) is 23.6 Å². The fourth-order valence-electron chi connectivity index (χ4n) is 3.47. The molecule has 0 unspecified atom stereocenters. The van der Waals surface area contributed by atoms with Crippen LogP contribution in [0.2, 0.25) is 0 Å². The number of nitriles is 1. The monoisotopic (exact) mass is 350 g/mol. The van der Waals surface area contributed by atoms with Gasteiger partial charge >= 0.3 is 0 Å². The van der Waals surface area contributed by atoms with E-state index in [0.717, 1.165) is 11.1 Å². The van der Waals surface area contributed by atoms with E-state index in [4.69, 9.17) is 0 Å². The maximum atomic E-state index is 12.8. The number of rotatable bonds is 3. The highest BCUT2D eigenvalue weighted by molar-refractivity contribution is 7.90. The Labute approximate surface area is 144 Å². The maximum Gasteiger partial charge on any atom is 0.269 e. The van der Waals surface area contributed by atoms with Crippen LogP contribution in [0.1, 0.15) is 16.7 Å². The molecule has 0 aliphatic carbocycles. The quantitative estimate of drug-likeness (QED) is 0.726. The molecule has 3 aromatic rings. The Morgan fingerprint density at radius 1 is 1.08 bits per heavy atom. The summed E-state index contributed by atoms with van der Waals surface area (Å²) in [7, 11) is -3.66. The second-order valence-corrected chi connectivity index (χ2v) is 8.05. The number of para-hydroxylation sites is 1. The van der Waals surface area contributed by atoms with Crippen molar-refractivity contribution in [2.75, 3.05) is 0 Å². The number of nitrogens with zero attached hydrogens (tertiary/aromatic N) is 2. The third-order valence-electron chi connectivity index (χ3n) is 4.63. The van der Waals surface area contributed by atoms with Crippen LogP contribution in [0, 0.1) is 11.3 Å². The molecule has 2 heterocycles. The van der Waals surface area contributed by atoms with Crippen molar-refractivity contribution in [3.63, 3.8) is 0 Å². The summed E-state index contributed by atoms with van der Waals surface area (Å²) in [4.78, 5) is 12.8. The third kappa shape index (κ3) is 2.36. The van der Waals surface area contributed by atoms with Gasteiger partial charge in [0, 0.05) is 17.5 Å². The van der Waals surface area contributed by atoms with E-state index in [1.165, 1.54) is 12.1 Å². The molecular weight excluding hydrogens is 336 g/mol. The smallest absolute Gasteiger partial charge is 0.269 e. The summed E-state index contributed by atoms with van der Waals surface area (Å²) in [5.74, 6) is -0.365. The summed E-state index contributed by atoms with van der Waals surface area (Å²) in [5.41, 5.74) is 1.58. The predicted octanol–water partition coefficient (Wildman–Crippen LogP) is 2.40. The molecule has 124 valence electrons. The Hall–Kier alpha value is -2.91. The lowest BCUT2D eigenvalue weighted by molar-refractivity contribution is 0.595. The van der Waals surface area contributed by atoms with Gasteiger partial charge in [-0.1, -0.05) is 36.4 Å². The number of aromatic nitrogens is 1. The zero-order valence-corrected chi connectivity index (χ0v) is 14.1. The molecule has 0 atom stereocenters. The van der Waals surface area contributed by atoms with Crippen LogP contribution in [0.5, 0.6) is 0 Å². The fraction of sp³-hybridized carbons (Fsp3) is 0.158. The van der Waals surface area contributed by atoms with Crippen LogP contribution in [0.25, 0.3) is 10.9 Å². The van der Waals surface area contributed by atoms with E-state index in [1.54, 1.807) is 28.8 Å². The number of benzene rings is 2. The van der Waals surface area contributed by atoms with E-state index in [0.29, 0.717) is 23.9 Å². The summed E-state index contributed by atoms with van der Waals surface area (Å²) >= 11 is 0. The van der Waals surface area contributed by atoms with Crippen LogP contribution in [-0.2, 0) is 28.6 Å². The number of aryl methyl sites for hydroxylation is 2. The van der Waals surface area contributed by atoms with Crippen molar-refractivity contribution >= 4 is 20.7 Å². The molecule has 25 heavy (non-hydrogen) atoms. The van der Waals surface area contributed by atoms with E-state index in [9.17, 15) is 18.5 Å².